The van der Waals surface area contributed by atoms with E-state index in [0.717, 1.165) is 0 Å². The molecule has 1 heterocycles. The van der Waals surface area contributed by atoms with Crippen molar-refractivity contribution in [2.24, 2.45) is 10.5 Å². The van der Waals surface area contributed by atoms with Gasteiger partial charge < -0.3 is 5.11 Å². The molecule has 1 atom stereocenters. The average molecular weight is 219 g/mol. The highest BCUT2D eigenvalue weighted by atomic mass is 32.2. The van der Waals surface area contributed by atoms with Crippen molar-refractivity contribution in [3.05, 3.63) is 10.4 Å². The van der Waals surface area contributed by atoms with E-state index in [4.69, 9.17) is 10.6 Å². The number of hydrogen-bond donors (Lipinski definition) is 1. The first-order valence-electron chi connectivity index (χ1n) is 3.78. The molecule has 0 radical (unpaired) electrons. The number of azide groups is 1. The van der Waals surface area contributed by atoms with Gasteiger partial charge in [0.1, 0.15) is 6.04 Å². The minimum absolute atomic E-state index is 0.240. The van der Waals surface area contributed by atoms with Crippen LogP contribution in [0.15, 0.2) is 5.11 Å². The number of carboxylic acids is 1. The van der Waals surface area contributed by atoms with Gasteiger partial charge in [0.15, 0.2) is 9.84 Å². The molecular formula is C6H9N3O4S. The quantitative estimate of drug-likeness (QED) is 0.413. The zero-order valence-electron chi connectivity index (χ0n) is 7.41. The van der Waals surface area contributed by atoms with Gasteiger partial charge >= 0.3 is 5.97 Å². The zero-order chi connectivity index (χ0) is 11.0. The van der Waals surface area contributed by atoms with Crippen LogP contribution in [0, 0.1) is 5.41 Å². The number of carboxylic acid groups (broad SMARTS) is 1. The third kappa shape index (κ3) is 1.80. The van der Waals surface area contributed by atoms with E-state index in [0.29, 0.717) is 0 Å². The molecule has 1 fully saturated rings. The van der Waals surface area contributed by atoms with Crippen molar-refractivity contribution in [2.45, 2.75) is 13.0 Å². The van der Waals surface area contributed by atoms with Crippen LogP contribution in [-0.2, 0) is 14.6 Å². The summed E-state index contributed by atoms with van der Waals surface area (Å²) in [7, 11) is -3.13. The van der Waals surface area contributed by atoms with Gasteiger partial charge in [0.05, 0.1) is 11.5 Å². The fourth-order valence-electron chi connectivity index (χ4n) is 1.66. The second-order valence-corrected chi connectivity index (χ2v) is 5.70. The molecule has 1 saturated heterocycles. The Morgan fingerprint density at radius 1 is 1.64 bits per heavy atom. The van der Waals surface area contributed by atoms with Gasteiger partial charge in [-0.3, -0.25) is 4.79 Å². The first-order valence-corrected chi connectivity index (χ1v) is 5.60. The summed E-state index contributed by atoms with van der Waals surface area (Å²) < 4.78 is 21.8. The van der Waals surface area contributed by atoms with Gasteiger partial charge in [0.25, 0.3) is 0 Å². The van der Waals surface area contributed by atoms with Crippen LogP contribution in [0.1, 0.15) is 6.92 Å². The lowest BCUT2D eigenvalue weighted by Crippen LogP contribution is -2.55. The standard InChI is InChI=1S/C6H9N3O4S/c1-6(2-14(12,13)3-6)4(5(10)11)8-9-7/h4H,2-3H2,1H3,(H,10,11). The average Bonchev–Trinajstić information content (AvgIpc) is 1.94. The van der Waals surface area contributed by atoms with Crippen LogP contribution in [-0.4, -0.2) is 37.0 Å². The fourth-order valence-corrected chi connectivity index (χ4v) is 3.90. The predicted molar refractivity (Wildman–Crippen MR) is 47.3 cm³/mol. The molecule has 8 heteroatoms. The Balaban J connectivity index is 2.92. The van der Waals surface area contributed by atoms with Gasteiger partial charge in [-0.15, -0.1) is 0 Å². The molecule has 0 spiro atoms. The van der Waals surface area contributed by atoms with Crippen LogP contribution in [0.3, 0.4) is 0 Å². The van der Waals surface area contributed by atoms with E-state index in [9.17, 15) is 13.2 Å². The second-order valence-electron chi connectivity index (χ2n) is 3.63. The summed E-state index contributed by atoms with van der Waals surface area (Å²) in [5, 5.41) is 11.8. The van der Waals surface area contributed by atoms with Crippen LogP contribution >= 0.6 is 0 Å². The molecule has 14 heavy (non-hydrogen) atoms. The van der Waals surface area contributed by atoms with E-state index < -0.39 is 27.3 Å². The summed E-state index contributed by atoms with van der Waals surface area (Å²) in [5.74, 6) is -1.77. The van der Waals surface area contributed by atoms with Gasteiger partial charge in [-0.1, -0.05) is 12.0 Å². The lowest BCUT2D eigenvalue weighted by atomic mass is 9.86. The molecule has 0 aliphatic carbocycles. The maximum absolute atomic E-state index is 10.9. The molecule has 1 N–H and O–H groups in total. The smallest absolute Gasteiger partial charge is 0.313 e. The lowest BCUT2D eigenvalue weighted by Gasteiger charge is -2.39. The summed E-state index contributed by atoms with van der Waals surface area (Å²) in [6.45, 7) is 1.49. The molecule has 1 rings (SSSR count). The van der Waals surface area contributed by atoms with Crippen LogP contribution in [0.2, 0.25) is 0 Å². The molecule has 0 aromatic heterocycles. The molecule has 7 nitrogen and oxygen atoms in total. The van der Waals surface area contributed by atoms with Gasteiger partial charge in [0.2, 0.25) is 0 Å². The molecule has 0 aromatic rings. The summed E-state index contributed by atoms with van der Waals surface area (Å²) >= 11 is 0. The van der Waals surface area contributed by atoms with Gasteiger partial charge in [-0.2, -0.15) is 0 Å². The lowest BCUT2D eigenvalue weighted by molar-refractivity contribution is -0.141. The van der Waals surface area contributed by atoms with Gasteiger partial charge in [0, 0.05) is 10.3 Å². The number of carbonyl (C=O) groups is 1. The Bertz CT molecular complexity index is 395. The normalized spacial score (nSPS) is 24.1. The van der Waals surface area contributed by atoms with Crippen molar-refractivity contribution in [1.82, 2.24) is 0 Å². The predicted octanol–water partition coefficient (Wildman–Crippen LogP) is 0.185. The Hall–Kier alpha value is -1.27. The Morgan fingerprint density at radius 3 is 2.43 bits per heavy atom. The third-order valence-corrected chi connectivity index (χ3v) is 4.36. The highest BCUT2D eigenvalue weighted by Crippen LogP contribution is 2.37. The molecule has 1 aliphatic rings. The van der Waals surface area contributed by atoms with Crippen molar-refractivity contribution >= 4 is 15.8 Å². The topological polar surface area (TPSA) is 120 Å². The third-order valence-electron chi connectivity index (χ3n) is 2.16. The maximum Gasteiger partial charge on any atom is 0.313 e. The van der Waals surface area contributed by atoms with Crippen molar-refractivity contribution in [3.63, 3.8) is 0 Å². The molecule has 0 saturated carbocycles. The van der Waals surface area contributed by atoms with E-state index in [1.165, 1.54) is 6.92 Å². The molecular weight excluding hydrogens is 210 g/mol. The highest BCUT2D eigenvalue weighted by Gasteiger charge is 2.52. The van der Waals surface area contributed by atoms with Crippen LogP contribution < -0.4 is 0 Å². The first kappa shape index (κ1) is 10.8. The number of rotatable bonds is 3. The monoisotopic (exact) mass is 219 g/mol. The molecule has 0 bridgehead atoms. The van der Waals surface area contributed by atoms with Gasteiger partial charge in [-0.05, 0) is 5.53 Å². The Kier molecular flexibility index (Phi) is 2.43. The SMILES string of the molecule is CC1(C(N=[N+]=[N-])C(=O)O)CS(=O)(=O)C1. The summed E-state index contributed by atoms with van der Waals surface area (Å²) in [4.78, 5) is 13.1. The number of aliphatic carboxylic acids is 1. The van der Waals surface area contributed by atoms with Crippen molar-refractivity contribution in [1.29, 1.82) is 0 Å². The Labute approximate surface area is 80.3 Å². The van der Waals surface area contributed by atoms with E-state index in [1.807, 2.05) is 0 Å². The van der Waals surface area contributed by atoms with Crippen molar-refractivity contribution in [2.75, 3.05) is 11.5 Å². The van der Waals surface area contributed by atoms with Crippen LogP contribution in [0.4, 0.5) is 0 Å². The first-order chi connectivity index (χ1) is 6.31. The molecule has 0 amide bonds. The summed E-state index contributed by atoms with van der Waals surface area (Å²) in [6.07, 6.45) is 0. The molecule has 1 unspecified atom stereocenters. The fraction of sp³-hybridized carbons (Fsp3) is 0.833. The largest absolute Gasteiger partial charge is 0.481 e. The van der Waals surface area contributed by atoms with Crippen LogP contribution in [0.5, 0.6) is 0 Å². The summed E-state index contributed by atoms with van der Waals surface area (Å²) in [6, 6.07) is -1.31. The van der Waals surface area contributed by atoms with Crippen molar-refractivity contribution < 1.29 is 18.3 Å². The van der Waals surface area contributed by atoms with Crippen molar-refractivity contribution in [3.8, 4) is 0 Å². The summed E-state index contributed by atoms with van der Waals surface area (Å²) in [5.41, 5.74) is 7.18. The van der Waals surface area contributed by atoms with E-state index in [-0.39, 0.29) is 11.5 Å². The Morgan fingerprint density at radius 2 is 2.14 bits per heavy atom. The van der Waals surface area contributed by atoms with E-state index in [1.54, 1.807) is 0 Å². The second kappa shape index (κ2) is 3.14. The number of nitrogens with zero attached hydrogens (tertiary/aromatic N) is 3. The minimum atomic E-state index is -3.13. The van der Waals surface area contributed by atoms with E-state index >= 15 is 0 Å². The zero-order valence-corrected chi connectivity index (χ0v) is 8.23. The number of sulfone groups is 1. The minimum Gasteiger partial charge on any atom is -0.481 e. The molecule has 0 aromatic carbocycles. The van der Waals surface area contributed by atoms with Crippen LogP contribution in [0.25, 0.3) is 10.4 Å². The maximum atomic E-state index is 10.9. The molecule has 1 aliphatic heterocycles. The molecule has 78 valence electrons. The van der Waals surface area contributed by atoms with E-state index in [2.05, 4.69) is 10.0 Å². The highest BCUT2D eigenvalue weighted by molar-refractivity contribution is 7.92. The number of hydrogen-bond acceptors (Lipinski definition) is 4. The van der Waals surface area contributed by atoms with Gasteiger partial charge in [-0.25, -0.2) is 8.42 Å².